The molecule has 1 aliphatic carbocycles. The molecule has 10 aromatic carbocycles. The van der Waals surface area contributed by atoms with Gasteiger partial charge in [-0.3, -0.25) is 14.2 Å². The van der Waals surface area contributed by atoms with Crippen LogP contribution in [0.15, 0.2) is 231 Å². The Balaban J connectivity index is 0.000000148. The number of rotatable bonds is 33. The van der Waals surface area contributed by atoms with Crippen molar-refractivity contribution in [1.82, 2.24) is 27.8 Å². The Labute approximate surface area is 812 Å². The minimum atomic E-state index is -4.71. The predicted molar refractivity (Wildman–Crippen MR) is 546 cm³/mol. The summed E-state index contributed by atoms with van der Waals surface area (Å²) in [5, 5.41) is 53.7. The molecule has 1 aliphatic rings. The molecule has 16 aromatic rings. The maximum Gasteiger partial charge on any atom is 0.573 e. The van der Waals surface area contributed by atoms with Gasteiger partial charge >= 0.3 is 6.36 Å². The molecule has 0 unspecified atom stereocenters. The van der Waals surface area contributed by atoms with Crippen LogP contribution in [0.5, 0.6) is 28.7 Å². The van der Waals surface area contributed by atoms with Crippen LogP contribution in [0.4, 0.5) is 30.2 Å². The predicted octanol–water partition coefficient (Wildman–Crippen LogP) is 24.9. The number of aromatic nitrogens is 6. The van der Waals surface area contributed by atoms with Gasteiger partial charge in [0.25, 0.3) is 0 Å². The number of alkyl halides is 4. The van der Waals surface area contributed by atoms with Gasteiger partial charge in [-0.25, -0.2) is 25.3 Å². The largest absolute Gasteiger partial charge is 0.573 e. The van der Waals surface area contributed by atoms with E-state index in [0.717, 1.165) is 200 Å². The first-order chi connectivity index (χ1) is 66.9. The van der Waals surface area contributed by atoms with Crippen LogP contribution in [0.3, 0.4) is 0 Å². The second-order valence-corrected chi connectivity index (χ2v) is 40.0. The molecular weight excluding hydrogens is 1850 g/mol. The number of nitrogens with zero attached hydrogens (tertiary/aromatic N) is 10. The first-order valence-electron chi connectivity index (χ1n) is 45.7. The number of ether oxygens (including phenoxy) is 5. The number of methoxy groups -OCH3 is 3. The Bertz CT molecular complexity index is 7700. The van der Waals surface area contributed by atoms with Gasteiger partial charge in [-0.2, -0.15) is 26.3 Å². The lowest BCUT2D eigenvalue weighted by molar-refractivity contribution is -0.274. The zero-order valence-corrected chi connectivity index (χ0v) is 82.0. The second-order valence-electron chi connectivity index (χ2n) is 33.5. The van der Waals surface area contributed by atoms with Crippen molar-refractivity contribution in [3.8, 4) is 104 Å². The maximum atomic E-state index is 12.3. The second kappa shape index (κ2) is 45.5. The standard InChI is InChI=1S/C27H27N3O3S.C23H26ClN3O3S.C23H27N3O3S.C20H17N3O.C14H11F3N2O/c1-3-16-30-26-15-14-23(33-19-20-8-6-5-7-9-20)17-24(26)25(18-28)27(30)21-10-12-22(13-11-21)29-34(31,32)4-2;1-3-4-13-27-22-15-19(30-2)10-11-20(22)21(16-25)23(27)17-6-8-18(9-7-17)26-31(28,29)14-5-12-24;1-5-6-13-26-22-14-19(29-4)11-12-20(22)21(15-24)23(26)17-7-9-18(10-8-17)25-30(27,28)16(2)3;1-3-23-19-11-15(24-2)5-6-16(19)17(12-21)20(23)14-4-7-18-13(10-14)8-9-22-18;15-14(16,17)20-11-3-4-12-10(6-18)8-19(13(12)5-11)7-9-1-2-9/h5-15,17,29H,3-4,16,19H2,1-2H3;6-11,15,26H,3-5,12-14H2,1-2H3;7-12,14,16,25H,5-6,13H2,1-4H3;4-11,22H,3H2,1-2H3;3-5,8-9H,1-2,7H2. The van der Waals surface area contributed by atoms with E-state index >= 15 is 0 Å². The van der Waals surface area contributed by atoms with E-state index in [2.05, 4.69) is 118 Å². The molecule has 25 nitrogen and oxygen atoms in total. The van der Waals surface area contributed by atoms with Crippen LogP contribution in [0, 0.1) is 62.6 Å². The molecule has 0 radical (unpaired) electrons. The number of benzene rings is 10. The Kier molecular flexibility index (Phi) is 33.2. The van der Waals surface area contributed by atoms with E-state index in [-0.39, 0.29) is 17.3 Å². The molecule has 0 spiro atoms. The van der Waals surface area contributed by atoms with Gasteiger partial charge in [-0.1, -0.05) is 106 Å². The summed E-state index contributed by atoms with van der Waals surface area (Å²) >= 11 is 5.60. The first kappa shape index (κ1) is 102. The van der Waals surface area contributed by atoms with Crippen LogP contribution >= 0.6 is 11.6 Å². The van der Waals surface area contributed by atoms with Gasteiger partial charge in [0.2, 0.25) is 30.1 Å². The summed E-state index contributed by atoms with van der Waals surface area (Å²) in [6.45, 7) is 17.6. The molecule has 32 heteroatoms. The molecule has 718 valence electrons. The fourth-order valence-corrected chi connectivity index (χ4v) is 19.4. The number of unbranched alkanes of at least 4 members (excludes halogenated alkanes) is 2. The number of nitrogens with one attached hydrogen (secondary N) is 4. The van der Waals surface area contributed by atoms with Gasteiger partial charge in [0.1, 0.15) is 65.7 Å². The number of hydrogen-bond acceptors (Lipinski definition) is 16. The summed E-state index contributed by atoms with van der Waals surface area (Å²) in [7, 11) is -5.29. The Morgan fingerprint density at radius 1 is 0.460 bits per heavy atom. The third-order valence-corrected chi connectivity index (χ3v) is 28.5. The maximum absolute atomic E-state index is 12.3. The van der Waals surface area contributed by atoms with Crippen molar-refractivity contribution in [3.05, 3.63) is 264 Å². The van der Waals surface area contributed by atoms with Crippen molar-refractivity contribution in [1.29, 1.82) is 26.3 Å². The fraction of sp³-hybridized carbons (Fsp3) is 0.280. The van der Waals surface area contributed by atoms with Crippen LogP contribution in [-0.4, -0.2) is 103 Å². The fourth-order valence-electron chi connectivity index (χ4n) is 16.7. The van der Waals surface area contributed by atoms with E-state index in [0.29, 0.717) is 86.4 Å². The van der Waals surface area contributed by atoms with Crippen LogP contribution in [0.2, 0.25) is 0 Å². The number of anilines is 3. The number of fused-ring (bicyclic) bond motifs is 6. The van der Waals surface area contributed by atoms with E-state index in [1.165, 1.54) is 18.2 Å². The normalized spacial score (nSPS) is 11.9. The quantitative estimate of drug-likeness (QED) is 0.0278. The number of halogens is 4. The number of hydrogen-bond donors (Lipinski definition) is 4. The Hall–Kier alpha value is -14.8. The number of H-pyrrole nitrogens is 1. The molecular formula is C107H108ClF3N14O11S3. The van der Waals surface area contributed by atoms with Crippen LogP contribution < -0.4 is 37.9 Å². The molecule has 0 atom stereocenters. The smallest absolute Gasteiger partial charge is 0.497 e. The molecule has 6 aromatic heterocycles. The van der Waals surface area contributed by atoms with Gasteiger partial charge in [0, 0.05) is 136 Å². The van der Waals surface area contributed by atoms with Crippen molar-refractivity contribution in [2.24, 2.45) is 5.92 Å². The first-order valence-corrected chi connectivity index (χ1v) is 51.1. The molecule has 139 heavy (non-hydrogen) atoms. The lowest BCUT2D eigenvalue weighted by Crippen LogP contribution is -2.22. The number of aromatic amines is 1. The van der Waals surface area contributed by atoms with E-state index < -0.39 is 41.7 Å². The lowest BCUT2D eigenvalue weighted by atomic mass is 10.0. The lowest BCUT2D eigenvalue weighted by Gasteiger charge is -2.13. The highest BCUT2D eigenvalue weighted by molar-refractivity contribution is 7.93. The van der Waals surface area contributed by atoms with Crippen LogP contribution in [0.1, 0.15) is 133 Å². The van der Waals surface area contributed by atoms with Gasteiger partial charge in [-0.05, 0) is 216 Å². The molecule has 0 bridgehead atoms. The SMILES string of the molecule is CCCCn1c(-c2ccc(NS(=O)(=O)C(C)C)cc2)c(C#N)c2ccc(OC)cc21.CCCCn1c(-c2ccc(NS(=O)(=O)CCCCl)cc2)c(C#N)c2ccc(OC)cc21.CCCn1c(-c2ccc(NS(=O)(=O)CC)cc2)c(C#N)c2cc(OCc3ccccc3)ccc21.CCn1c(-c2ccc3[nH]ccc3c2)c(C#N)c2ccc(OC)cc21.N#Cc1cn(CC2CC2)c2cc(OC(F)(F)F)ccc12. The van der Waals surface area contributed by atoms with E-state index in [1.807, 2.05) is 156 Å². The molecule has 1 fully saturated rings. The van der Waals surface area contributed by atoms with Gasteiger partial charge < -0.3 is 51.5 Å². The summed E-state index contributed by atoms with van der Waals surface area (Å²) < 4.78 is 153. The highest BCUT2D eigenvalue weighted by atomic mass is 35.5. The highest BCUT2D eigenvalue weighted by Gasteiger charge is 2.33. The van der Waals surface area contributed by atoms with Crippen molar-refractivity contribution in [3.63, 3.8) is 0 Å². The van der Waals surface area contributed by atoms with Gasteiger partial charge in [-0.15, -0.1) is 24.8 Å². The summed E-state index contributed by atoms with van der Waals surface area (Å²) in [6.07, 6.45) is 6.46. The van der Waals surface area contributed by atoms with Gasteiger partial charge in [0.05, 0.1) is 116 Å². The topological polar surface area (TPSA) is 344 Å². The molecule has 4 N–H and O–H groups in total. The van der Waals surface area contributed by atoms with E-state index in [1.54, 1.807) is 84.7 Å². The molecule has 1 saturated carbocycles. The zero-order valence-electron chi connectivity index (χ0n) is 78.8. The third kappa shape index (κ3) is 24.1. The minimum Gasteiger partial charge on any atom is -0.497 e. The van der Waals surface area contributed by atoms with Gasteiger partial charge in [0.15, 0.2) is 0 Å². The minimum absolute atomic E-state index is 0.00670. The van der Waals surface area contributed by atoms with E-state index in [9.17, 15) is 59.5 Å². The molecule has 0 saturated heterocycles. The van der Waals surface area contributed by atoms with Crippen LogP contribution in [0.25, 0.3) is 110 Å². The van der Waals surface area contributed by atoms with Crippen LogP contribution in [-0.2, 0) is 69.4 Å². The van der Waals surface area contributed by atoms with Crippen molar-refractivity contribution >= 4 is 124 Å². The monoisotopic (exact) mass is 1950 g/mol. The van der Waals surface area contributed by atoms with Crippen molar-refractivity contribution in [2.75, 3.05) is 52.9 Å². The molecule has 0 aliphatic heterocycles. The zero-order chi connectivity index (χ0) is 99.5. The third-order valence-electron chi connectivity index (χ3n) is 23.8. The summed E-state index contributed by atoms with van der Waals surface area (Å²) in [4.78, 5) is 3.21. The van der Waals surface area contributed by atoms with Crippen molar-refractivity contribution < 1.29 is 62.1 Å². The molecule has 17 rings (SSSR count). The molecule has 6 heterocycles. The van der Waals surface area contributed by atoms with Crippen molar-refractivity contribution in [2.45, 2.75) is 151 Å². The number of nitriles is 5. The number of sulfonamides is 3. The number of aryl methyl sites for hydroxylation is 4. The Morgan fingerprint density at radius 3 is 1.37 bits per heavy atom. The van der Waals surface area contributed by atoms with E-state index in [4.69, 9.17) is 35.8 Å². The summed E-state index contributed by atoms with van der Waals surface area (Å²) in [5.41, 5.74) is 18.2. The summed E-state index contributed by atoms with van der Waals surface area (Å²) in [5.74, 6) is 3.56. The highest BCUT2D eigenvalue weighted by Crippen LogP contribution is 2.43. The molecule has 0 amide bonds. The Morgan fingerprint density at radius 2 is 0.914 bits per heavy atom. The average Bonchev–Trinajstić information content (AvgIpc) is 1.61. The average molecular weight is 1950 g/mol. The summed E-state index contributed by atoms with van der Waals surface area (Å²) in [6, 6.07) is 78.6.